The molecule has 2 heterocycles. The topological polar surface area (TPSA) is 125 Å². The van der Waals surface area contributed by atoms with Gasteiger partial charge in [0, 0.05) is 17.3 Å². The Morgan fingerprint density at radius 3 is 2.58 bits per heavy atom. The van der Waals surface area contributed by atoms with E-state index in [9.17, 15) is 23.8 Å². The number of alkyl carbamates (subject to hydrolysis) is 1. The summed E-state index contributed by atoms with van der Waals surface area (Å²) in [4.78, 5) is 53.4. The molecule has 4 rings (SSSR count). The van der Waals surface area contributed by atoms with Gasteiger partial charge >= 0.3 is 6.09 Å². The summed E-state index contributed by atoms with van der Waals surface area (Å²) in [5.41, 5.74) is -0.622. The van der Waals surface area contributed by atoms with E-state index in [1.54, 1.807) is 6.08 Å². The van der Waals surface area contributed by atoms with E-state index in [1.807, 2.05) is 38.3 Å². The van der Waals surface area contributed by atoms with Gasteiger partial charge in [-0.1, -0.05) is 32.9 Å². The van der Waals surface area contributed by atoms with Gasteiger partial charge in [-0.25, -0.2) is 4.79 Å². The van der Waals surface area contributed by atoms with E-state index < -0.39 is 42.1 Å². The summed E-state index contributed by atoms with van der Waals surface area (Å²) < 4.78 is 19.1. The fourth-order valence-electron chi connectivity index (χ4n) is 5.67. The second-order valence-corrected chi connectivity index (χ2v) is 15.4. The fraction of sp³-hybridized carbons (Fsp3) is 0.667. The van der Waals surface area contributed by atoms with Gasteiger partial charge in [0.2, 0.25) is 19.2 Å². The van der Waals surface area contributed by atoms with Crippen LogP contribution in [0.4, 0.5) is 4.79 Å². The van der Waals surface area contributed by atoms with Crippen molar-refractivity contribution in [1.29, 1.82) is 0 Å². The monoisotopic (exact) mass is 565 g/mol. The number of carbonyl (C=O) groups is 3. The predicted molar refractivity (Wildman–Crippen MR) is 147 cm³/mol. The lowest BCUT2D eigenvalue weighted by atomic mass is 9.85. The van der Waals surface area contributed by atoms with E-state index in [0.717, 1.165) is 30.6 Å². The molecule has 5 atom stereocenters. The van der Waals surface area contributed by atoms with Gasteiger partial charge in [-0.05, 0) is 61.8 Å². The highest BCUT2D eigenvalue weighted by Gasteiger charge is 2.65. The Morgan fingerprint density at radius 2 is 2.00 bits per heavy atom. The van der Waals surface area contributed by atoms with Crippen molar-refractivity contribution in [2.75, 3.05) is 6.54 Å². The number of rotatable bonds is 9. The summed E-state index contributed by atoms with van der Waals surface area (Å²) in [5.74, 6) is -1.11. The average Bonchev–Trinajstić information content (AvgIpc) is 3.34. The number of nitrogens with zero attached hydrogens (tertiary/aromatic N) is 1. The van der Waals surface area contributed by atoms with Crippen LogP contribution in [-0.2, 0) is 25.1 Å². The third kappa shape index (κ3) is 6.02. The van der Waals surface area contributed by atoms with Gasteiger partial charge in [0.1, 0.15) is 23.5 Å². The van der Waals surface area contributed by atoms with E-state index in [0.29, 0.717) is 25.8 Å². The van der Waals surface area contributed by atoms with Gasteiger partial charge < -0.3 is 25.2 Å². The lowest BCUT2D eigenvalue weighted by molar-refractivity contribution is -0.142. The number of nitrogens with one attached hydrogen (secondary N) is 2. The minimum Gasteiger partial charge on any atom is -0.446 e. The van der Waals surface area contributed by atoms with E-state index >= 15 is 0 Å². The minimum atomic E-state index is -3.83. The average molecular weight is 566 g/mol. The zero-order chi connectivity index (χ0) is 27.7. The van der Waals surface area contributed by atoms with Crippen LogP contribution in [0.25, 0.3) is 0 Å². The van der Waals surface area contributed by atoms with Crippen molar-refractivity contribution in [2.24, 2.45) is 11.3 Å². The summed E-state index contributed by atoms with van der Waals surface area (Å²) in [6.45, 7) is 9.74. The molecule has 38 heavy (non-hydrogen) atoms. The highest BCUT2D eigenvalue weighted by Crippen LogP contribution is 2.71. The molecule has 2 saturated carbocycles. The Kier molecular flexibility index (Phi) is 8.46. The molecule has 2 aliphatic carbocycles. The van der Waals surface area contributed by atoms with Crippen LogP contribution in [0.15, 0.2) is 30.2 Å². The molecule has 210 valence electrons. The Morgan fingerprint density at radius 1 is 1.29 bits per heavy atom. The molecule has 0 radical (unpaired) electrons. The number of hydrogen-bond acceptors (Lipinski definition) is 6. The molecule has 2 unspecified atom stereocenters. The summed E-state index contributed by atoms with van der Waals surface area (Å²) in [6.07, 6.45) is 5.92. The summed E-state index contributed by atoms with van der Waals surface area (Å²) in [6, 6.07) is 1.96. The zero-order valence-electron chi connectivity index (χ0n) is 22.5. The smallest absolute Gasteiger partial charge is 0.408 e. The first kappa shape index (κ1) is 28.8. The summed E-state index contributed by atoms with van der Waals surface area (Å²) in [5, 5.41) is 6.23. The van der Waals surface area contributed by atoms with Crippen molar-refractivity contribution in [3.05, 3.63) is 35.0 Å². The molecular formula is C27H40N3O6PS. The third-order valence-electron chi connectivity index (χ3n) is 7.97. The standard InChI is InChI=1S/C27H40N3O6PS/c1-5-18-16-27(18,37(34,35)17-20-12-9-15-38-20)29-23(31)21-13-8-14-30(21)24(32)22(26(2,3)4)28-25(33)36-19-10-6-7-11-19/h5,9,12,15,18-19,21-22H,1,6-8,10-11,13-14,16-17H2,2-4H3,(H,28,33)(H,29,31)(H,34,35)/t18-,21+,22?,27+/m1/s1. The van der Waals surface area contributed by atoms with Crippen molar-refractivity contribution < 1.29 is 28.6 Å². The van der Waals surface area contributed by atoms with E-state index in [4.69, 9.17) is 4.74 Å². The van der Waals surface area contributed by atoms with Gasteiger partial charge in [0.15, 0.2) is 0 Å². The van der Waals surface area contributed by atoms with Crippen LogP contribution in [0, 0.1) is 11.3 Å². The number of carbonyl (C=O) groups excluding carboxylic acids is 3. The predicted octanol–water partition coefficient (Wildman–Crippen LogP) is 4.61. The van der Waals surface area contributed by atoms with Crippen molar-refractivity contribution in [3.8, 4) is 0 Å². The maximum absolute atomic E-state index is 13.7. The maximum atomic E-state index is 13.7. The second-order valence-electron chi connectivity index (χ2n) is 11.8. The number of ether oxygens (including phenoxy) is 1. The molecular weight excluding hydrogens is 525 g/mol. The van der Waals surface area contributed by atoms with Gasteiger partial charge in [-0.3, -0.25) is 14.2 Å². The molecule has 3 amide bonds. The largest absolute Gasteiger partial charge is 0.446 e. The highest BCUT2D eigenvalue weighted by atomic mass is 32.1. The van der Waals surface area contributed by atoms with Crippen molar-refractivity contribution in [2.45, 2.75) is 95.3 Å². The molecule has 0 bridgehead atoms. The van der Waals surface area contributed by atoms with E-state index in [-0.39, 0.29) is 24.1 Å². The van der Waals surface area contributed by atoms with Crippen molar-refractivity contribution in [3.63, 3.8) is 0 Å². The van der Waals surface area contributed by atoms with Gasteiger partial charge in [-0.2, -0.15) is 0 Å². The molecule has 9 nitrogen and oxygen atoms in total. The van der Waals surface area contributed by atoms with Crippen molar-refractivity contribution in [1.82, 2.24) is 15.5 Å². The Labute approximate surface area is 228 Å². The molecule has 1 aliphatic heterocycles. The molecule has 1 aromatic heterocycles. The number of amides is 3. The minimum absolute atomic E-state index is 0.0261. The summed E-state index contributed by atoms with van der Waals surface area (Å²) in [7, 11) is -3.83. The Bertz CT molecular complexity index is 1100. The van der Waals surface area contributed by atoms with Crippen LogP contribution in [0.2, 0.25) is 0 Å². The maximum Gasteiger partial charge on any atom is 0.408 e. The highest BCUT2D eigenvalue weighted by molar-refractivity contribution is 7.59. The van der Waals surface area contributed by atoms with E-state index in [1.165, 1.54) is 16.2 Å². The quantitative estimate of drug-likeness (QED) is 0.297. The molecule has 1 aromatic rings. The lowest BCUT2D eigenvalue weighted by Gasteiger charge is -2.36. The number of likely N-dealkylation sites (tertiary alicyclic amines) is 1. The van der Waals surface area contributed by atoms with Crippen LogP contribution in [-0.4, -0.2) is 57.7 Å². The first-order chi connectivity index (χ1) is 17.9. The zero-order valence-corrected chi connectivity index (χ0v) is 24.2. The fourth-order valence-corrected chi connectivity index (χ4v) is 9.18. The second kappa shape index (κ2) is 11.1. The van der Waals surface area contributed by atoms with Crippen molar-refractivity contribution >= 4 is 36.6 Å². The molecule has 0 spiro atoms. The number of thiophene rings is 1. The van der Waals surface area contributed by atoms with Crippen LogP contribution < -0.4 is 10.6 Å². The first-order valence-electron chi connectivity index (χ1n) is 13.4. The molecule has 1 saturated heterocycles. The van der Waals surface area contributed by atoms with E-state index in [2.05, 4.69) is 17.2 Å². The normalized spacial score (nSPS) is 27.8. The molecule has 3 N–H and O–H groups in total. The van der Waals surface area contributed by atoms with Crippen LogP contribution in [0.3, 0.4) is 0 Å². The first-order valence-corrected chi connectivity index (χ1v) is 16.2. The summed E-state index contributed by atoms with van der Waals surface area (Å²) >= 11 is 1.40. The molecule has 3 aliphatic rings. The van der Waals surface area contributed by atoms with Crippen LogP contribution in [0.5, 0.6) is 0 Å². The van der Waals surface area contributed by atoms with Gasteiger partial charge in [0.05, 0.1) is 6.16 Å². The molecule has 0 aromatic carbocycles. The lowest BCUT2D eigenvalue weighted by Crippen LogP contribution is -2.58. The Balaban J connectivity index is 1.47. The van der Waals surface area contributed by atoms with Gasteiger partial charge in [0.25, 0.3) is 0 Å². The SMILES string of the molecule is C=C[C@@H]1C[C@]1(NC(=O)[C@@H]1CCCN1C(=O)C(NC(=O)OC1CCCC1)C(C)(C)C)P(=O)(O)Cc1cccs1. The Hall–Kier alpha value is -2.16. The molecule has 11 heteroatoms. The number of hydrogen-bond donors (Lipinski definition) is 3. The van der Waals surface area contributed by atoms with Crippen LogP contribution >= 0.6 is 18.7 Å². The van der Waals surface area contributed by atoms with Gasteiger partial charge in [-0.15, -0.1) is 17.9 Å². The van der Waals surface area contributed by atoms with Crippen LogP contribution in [0.1, 0.15) is 70.6 Å². The molecule has 3 fully saturated rings. The third-order valence-corrected chi connectivity index (χ3v) is 11.7.